The molecule has 0 atom stereocenters. The van der Waals surface area contributed by atoms with Crippen LogP contribution in [0.3, 0.4) is 0 Å². The van der Waals surface area contributed by atoms with E-state index < -0.39 is 10.0 Å². The summed E-state index contributed by atoms with van der Waals surface area (Å²) in [6.07, 6.45) is 1.78. The number of aryl methyl sites for hydroxylation is 1. The molecule has 0 fully saturated rings. The molecule has 0 aliphatic heterocycles. The summed E-state index contributed by atoms with van der Waals surface area (Å²) in [4.78, 5) is 16.7. The molecule has 0 saturated heterocycles. The normalized spacial score (nSPS) is 11.4. The predicted octanol–water partition coefficient (Wildman–Crippen LogP) is 4.03. The molecule has 2 N–H and O–H groups in total. The quantitative estimate of drug-likeness (QED) is 0.365. The second-order valence-corrected chi connectivity index (χ2v) is 9.20. The molecule has 4 aromatic rings. The van der Waals surface area contributed by atoms with E-state index in [-0.39, 0.29) is 30.2 Å². The summed E-state index contributed by atoms with van der Waals surface area (Å²) >= 11 is 5.88. The Balaban J connectivity index is 1.33. The number of benzene rings is 2. The van der Waals surface area contributed by atoms with Crippen molar-refractivity contribution in [2.45, 2.75) is 24.3 Å². The molecule has 0 aliphatic carbocycles. The number of hydrogen-bond donors (Lipinski definition) is 2. The van der Waals surface area contributed by atoms with E-state index in [4.69, 9.17) is 20.5 Å². The van der Waals surface area contributed by atoms with Crippen molar-refractivity contribution in [3.05, 3.63) is 83.6 Å². The highest BCUT2D eigenvalue weighted by molar-refractivity contribution is 7.89. The first-order valence-corrected chi connectivity index (χ1v) is 11.8. The number of aromatic nitrogens is 2. The molecule has 4 rings (SSSR count). The molecule has 170 valence electrons. The maximum atomic E-state index is 12.5. The van der Waals surface area contributed by atoms with Crippen molar-refractivity contribution < 1.29 is 22.2 Å². The zero-order valence-electron chi connectivity index (χ0n) is 17.2. The van der Waals surface area contributed by atoms with E-state index in [2.05, 4.69) is 20.2 Å². The summed E-state index contributed by atoms with van der Waals surface area (Å²) in [7, 11) is -3.78. The predicted molar refractivity (Wildman–Crippen MR) is 121 cm³/mol. The van der Waals surface area contributed by atoms with Gasteiger partial charge in [-0.25, -0.2) is 13.1 Å². The SMILES string of the molecule is O=C(CCc1nc(-c2ccc(Cl)cc2)no1)Nc1cccc(S(=O)(=O)NCc2ccco2)c1. The van der Waals surface area contributed by atoms with Crippen LogP contribution in [0, 0.1) is 0 Å². The van der Waals surface area contributed by atoms with Crippen LogP contribution >= 0.6 is 11.6 Å². The molecule has 9 nitrogen and oxygen atoms in total. The molecular formula is C22H19ClN4O5S. The van der Waals surface area contributed by atoms with Gasteiger partial charge in [-0.15, -0.1) is 0 Å². The van der Waals surface area contributed by atoms with Crippen molar-refractivity contribution in [2.24, 2.45) is 0 Å². The number of furan rings is 1. The fraction of sp³-hybridized carbons (Fsp3) is 0.136. The van der Waals surface area contributed by atoms with Crippen LogP contribution in [-0.2, 0) is 27.8 Å². The number of nitrogens with one attached hydrogen (secondary N) is 2. The van der Waals surface area contributed by atoms with E-state index in [0.717, 1.165) is 5.56 Å². The molecular weight excluding hydrogens is 468 g/mol. The Morgan fingerprint density at radius 3 is 2.64 bits per heavy atom. The van der Waals surface area contributed by atoms with Gasteiger partial charge in [-0.05, 0) is 54.6 Å². The van der Waals surface area contributed by atoms with Gasteiger partial charge in [0.15, 0.2) is 0 Å². The van der Waals surface area contributed by atoms with Gasteiger partial charge in [0, 0.05) is 29.1 Å². The summed E-state index contributed by atoms with van der Waals surface area (Å²) in [5.41, 5.74) is 1.10. The number of amides is 1. The minimum atomic E-state index is -3.78. The third-order valence-electron chi connectivity index (χ3n) is 4.58. The molecule has 33 heavy (non-hydrogen) atoms. The van der Waals surface area contributed by atoms with Crippen molar-refractivity contribution >= 4 is 33.2 Å². The first kappa shape index (κ1) is 22.7. The van der Waals surface area contributed by atoms with E-state index in [1.807, 2.05) is 0 Å². The summed E-state index contributed by atoms with van der Waals surface area (Å²) in [5, 5.41) is 7.20. The number of carbonyl (C=O) groups excluding carboxylic acids is 1. The van der Waals surface area contributed by atoms with E-state index in [9.17, 15) is 13.2 Å². The van der Waals surface area contributed by atoms with Crippen molar-refractivity contribution in [3.8, 4) is 11.4 Å². The van der Waals surface area contributed by atoms with Crippen molar-refractivity contribution in [1.82, 2.24) is 14.9 Å². The standard InChI is InChI=1S/C22H19ClN4O5S/c23-16-8-6-15(7-9-16)22-26-21(32-27-22)11-10-20(28)25-17-3-1-5-19(13-17)33(29,30)24-14-18-4-2-12-31-18/h1-9,12-13,24H,10-11,14H2,(H,25,28). The lowest BCUT2D eigenvalue weighted by Gasteiger charge is -2.08. The lowest BCUT2D eigenvalue weighted by atomic mass is 10.2. The lowest BCUT2D eigenvalue weighted by molar-refractivity contribution is -0.116. The van der Waals surface area contributed by atoms with Gasteiger partial charge < -0.3 is 14.3 Å². The molecule has 0 spiro atoms. The fourth-order valence-corrected chi connectivity index (χ4v) is 4.08. The third kappa shape index (κ3) is 6.07. The van der Waals surface area contributed by atoms with Crippen molar-refractivity contribution in [3.63, 3.8) is 0 Å². The number of hydrogen-bond acceptors (Lipinski definition) is 7. The van der Waals surface area contributed by atoms with Gasteiger partial charge in [0.05, 0.1) is 17.7 Å². The van der Waals surface area contributed by atoms with Gasteiger partial charge in [-0.2, -0.15) is 4.98 Å². The molecule has 0 aliphatic rings. The molecule has 0 unspecified atom stereocenters. The van der Waals surface area contributed by atoms with Crippen LogP contribution < -0.4 is 10.0 Å². The van der Waals surface area contributed by atoms with Gasteiger partial charge in [-0.3, -0.25) is 4.79 Å². The maximum absolute atomic E-state index is 12.5. The molecule has 0 bridgehead atoms. The zero-order chi connectivity index (χ0) is 23.3. The lowest BCUT2D eigenvalue weighted by Crippen LogP contribution is -2.23. The summed E-state index contributed by atoms with van der Waals surface area (Å²) in [6, 6.07) is 16.3. The first-order valence-electron chi connectivity index (χ1n) is 9.89. The van der Waals surface area contributed by atoms with Gasteiger partial charge in [0.25, 0.3) is 0 Å². The van der Waals surface area contributed by atoms with Crippen LogP contribution in [0.25, 0.3) is 11.4 Å². The minimum absolute atomic E-state index is 0.0219. The number of halogens is 1. The smallest absolute Gasteiger partial charge is 0.241 e. The Kier molecular flexibility index (Phi) is 6.87. The Morgan fingerprint density at radius 2 is 1.88 bits per heavy atom. The van der Waals surface area contributed by atoms with Gasteiger partial charge >= 0.3 is 0 Å². The van der Waals surface area contributed by atoms with E-state index >= 15 is 0 Å². The zero-order valence-corrected chi connectivity index (χ0v) is 18.8. The first-order chi connectivity index (χ1) is 15.9. The highest BCUT2D eigenvalue weighted by Gasteiger charge is 2.16. The fourth-order valence-electron chi connectivity index (χ4n) is 2.92. The molecule has 2 aromatic heterocycles. The number of rotatable bonds is 9. The van der Waals surface area contributed by atoms with Crippen molar-refractivity contribution in [2.75, 3.05) is 5.32 Å². The monoisotopic (exact) mass is 486 g/mol. The second kappa shape index (κ2) is 9.99. The maximum Gasteiger partial charge on any atom is 0.241 e. The number of anilines is 1. The van der Waals surface area contributed by atoms with E-state index in [0.29, 0.717) is 28.2 Å². The average Bonchev–Trinajstić information content (AvgIpc) is 3.49. The molecule has 2 aromatic carbocycles. The molecule has 1 amide bonds. The number of carbonyl (C=O) groups is 1. The van der Waals surface area contributed by atoms with Crippen LogP contribution in [0.2, 0.25) is 5.02 Å². The molecule has 2 heterocycles. The molecule has 0 saturated carbocycles. The number of sulfonamides is 1. The topological polar surface area (TPSA) is 127 Å². The van der Waals surface area contributed by atoms with Crippen LogP contribution in [0.5, 0.6) is 0 Å². The van der Waals surface area contributed by atoms with Crippen molar-refractivity contribution in [1.29, 1.82) is 0 Å². The van der Waals surface area contributed by atoms with Crippen LogP contribution in [0.15, 0.2) is 80.8 Å². The van der Waals surface area contributed by atoms with Gasteiger partial charge in [0.2, 0.25) is 27.6 Å². The van der Waals surface area contributed by atoms with E-state index in [1.165, 1.54) is 18.4 Å². The molecule has 0 radical (unpaired) electrons. The molecule has 11 heteroatoms. The minimum Gasteiger partial charge on any atom is -0.468 e. The Morgan fingerprint density at radius 1 is 1.06 bits per heavy atom. The highest BCUT2D eigenvalue weighted by atomic mass is 35.5. The van der Waals surface area contributed by atoms with Gasteiger partial charge in [-0.1, -0.05) is 22.8 Å². The highest BCUT2D eigenvalue weighted by Crippen LogP contribution is 2.20. The largest absolute Gasteiger partial charge is 0.468 e. The van der Waals surface area contributed by atoms with Gasteiger partial charge in [0.1, 0.15) is 5.76 Å². The Labute approximate surface area is 194 Å². The average molecular weight is 487 g/mol. The Hall–Kier alpha value is -3.47. The van der Waals surface area contributed by atoms with E-state index in [1.54, 1.807) is 48.5 Å². The number of nitrogens with zero attached hydrogens (tertiary/aromatic N) is 2. The summed E-state index contributed by atoms with van der Waals surface area (Å²) in [5.74, 6) is 0.887. The summed E-state index contributed by atoms with van der Waals surface area (Å²) < 4.78 is 37.8. The Bertz CT molecular complexity index is 1340. The van der Waals surface area contributed by atoms with Crippen LogP contribution in [0.4, 0.5) is 5.69 Å². The van der Waals surface area contributed by atoms with Crippen LogP contribution in [0.1, 0.15) is 18.1 Å². The van der Waals surface area contributed by atoms with Crippen LogP contribution in [-0.4, -0.2) is 24.5 Å². The summed E-state index contributed by atoms with van der Waals surface area (Å²) in [6.45, 7) is 0.0219. The third-order valence-corrected chi connectivity index (χ3v) is 6.23. The second-order valence-electron chi connectivity index (χ2n) is 7.00.